The molecule has 0 aliphatic heterocycles. The van der Waals surface area contributed by atoms with Gasteiger partial charge in [0.05, 0.1) is 6.20 Å². The van der Waals surface area contributed by atoms with E-state index in [2.05, 4.69) is 10.3 Å². The van der Waals surface area contributed by atoms with Crippen molar-refractivity contribution >= 4 is 5.78 Å². The molecular weight excluding hydrogens is 230 g/mol. The summed E-state index contributed by atoms with van der Waals surface area (Å²) in [5.41, 5.74) is 2.70. The Bertz CT molecular complexity index is 604. The van der Waals surface area contributed by atoms with Crippen molar-refractivity contribution in [2.24, 2.45) is 7.05 Å². The lowest BCUT2D eigenvalue weighted by Crippen LogP contribution is -1.97. The van der Waals surface area contributed by atoms with Gasteiger partial charge in [-0.15, -0.1) is 5.10 Å². The van der Waals surface area contributed by atoms with Crippen LogP contribution in [0, 0.1) is 0 Å². The van der Waals surface area contributed by atoms with Crippen molar-refractivity contribution in [3.63, 3.8) is 0 Å². The van der Waals surface area contributed by atoms with E-state index >= 15 is 0 Å². The van der Waals surface area contributed by atoms with Crippen molar-refractivity contribution in [1.82, 2.24) is 15.0 Å². The van der Waals surface area contributed by atoms with Gasteiger partial charge in [0.1, 0.15) is 18.1 Å². The third-order valence-electron chi connectivity index (χ3n) is 3.04. The van der Waals surface area contributed by atoms with E-state index < -0.39 is 0 Å². The van der Waals surface area contributed by atoms with Gasteiger partial charge in [-0.25, -0.2) is 0 Å². The zero-order valence-corrected chi connectivity index (χ0v) is 10.1. The minimum absolute atomic E-state index is 0.227. The predicted octanol–water partition coefficient (Wildman–Crippen LogP) is 1.52. The van der Waals surface area contributed by atoms with Gasteiger partial charge in [0.15, 0.2) is 5.78 Å². The molecule has 1 aromatic carbocycles. The second-order valence-electron chi connectivity index (χ2n) is 4.41. The highest BCUT2D eigenvalue weighted by Gasteiger charge is 2.19. The first-order chi connectivity index (χ1) is 8.72. The molecule has 1 aromatic heterocycles. The van der Waals surface area contributed by atoms with Crippen molar-refractivity contribution in [3.05, 3.63) is 41.2 Å². The van der Waals surface area contributed by atoms with Gasteiger partial charge in [0.25, 0.3) is 0 Å². The lowest BCUT2D eigenvalue weighted by atomic mass is 10.1. The number of aromatic nitrogens is 3. The fourth-order valence-corrected chi connectivity index (χ4v) is 2.14. The number of rotatable bonds is 3. The molecule has 0 bridgehead atoms. The number of ether oxygens (including phenoxy) is 1. The molecule has 18 heavy (non-hydrogen) atoms. The van der Waals surface area contributed by atoms with Crippen LogP contribution in [0.2, 0.25) is 0 Å². The first-order valence-electron chi connectivity index (χ1n) is 5.86. The van der Waals surface area contributed by atoms with Crippen LogP contribution in [0.3, 0.4) is 0 Å². The van der Waals surface area contributed by atoms with E-state index in [-0.39, 0.29) is 5.78 Å². The Morgan fingerprint density at radius 1 is 1.39 bits per heavy atom. The normalized spacial score (nSPS) is 13.7. The maximum Gasteiger partial charge on any atom is 0.163 e. The van der Waals surface area contributed by atoms with Gasteiger partial charge in [-0.2, -0.15) is 0 Å². The Labute approximate surface area is 104 Å². The molecule has 0 radical (unpaired) electrons. The zero-order chi connectivity index (χ0) is 12.5. The number of hydrogen-bond acceptors (Lipinski definition) is 4. The number of ketones is 1. The van der Waals surface area contributed by atoms with Gasteiger partial charge in [0, 0.05) is 19.0 Å². The molecule has 1 aliphatic rings. The third-order valence-corrected chi connectivity index (χ3v) is 3.04. The topological polar surface area (TPSA) is 57.0 Å². The Morgan fingerprint density at radius 2 is 2.28 bits per heavy atom. The average Bonchev–Trinajstić information content (AvgIpc) is 2.94. The van der Waals surface area contributed by atoms with Gasteiger partial charge in [-0.1, -0.05) is 5.21 Å². The van der Waals surface area contributed by atoms with Gasteiger partial charge >= 0.3 is 0 Å². The van der Waals surface area contributed by atoms with Crippen LogP contribution in [0.25, 0.3) is 0 Å². The van der Waals surface area contributed by atoms with Crippen LogP contribution < -0.4 is 4.74 Å². The average molecular weight is 243 g/mol. The first-order valence-corrected chi connectivity index (χ1v) is 5.86. The van der Waals surface area contributed by atoms with E-state index in [1.54, 1.807) is 4.68 Å². The second-order valence-corrected chi connectivity index (χ2v) is 4.41. The molecule has 1 aliphatic carbocycles. The zero-order valence-electron chi connectivity index (χ0n) is 10.1. The second kappa shape index (κ2) is 4.25. The van der Waals surface area contributed by atoms with E-state index in [1.165, 1.54) is 0 Å². The number of carbonyl (C=O) groups is 1. The summed E-state index contributed by atoms with van der Waals surface area (Å²) in [6.45, 7) is 0.389. The summed E-state index contributed by atoms with van der Waals surface area (Å²) in [6, 6.07) is 5.62. The molecule has 0 atom stereocenters. The van der Waals surface area contributed by atoms with Crippen molar-refractivity contribution in [2.45, 2.75) is 19.4 Å². The van der Waals surface area contributed by atoms with Crippen LogP contribution in [-0.4, -0.2) is 20.8 Å². The summed E-state index contributed by atoms with van der Waals surface area (Å²) < 4.78 is 7.28. The van der Waals surface area contributed by atoms with Crippen LogP contribution in [0.15, 0.2) is 24.4 Å². The molecule has 1 heterocycles. The van der Waals surface area contributed by atoms with Crippen molar-refractivity contribution in [2.75, 3.05) is 0 Å². The summed E-state index contributed by atoms with van der Waals surface area (Å²) >= 11 is 0. The highest BCUT2D eigenvalue weighted by atomic mass is 16.5. The molecule has 0 saturated carbocycles. The van der Waals surface area contributed by atoms with E-state index in [1.807, 2.05) is 31.4 Å². The predicted molar refractivity (Wildman–Crippen MR) is 64.4 cm³/mol. The Hall–Kier alpha value is -2.17. The highest BCUT2D eigenvalue weighted by molar-refractivity contribution is 6.00. The maximum atomic E-state index is 11.5. The van der Waals surface area contributed by atoms with Crippen molar-refractivity contribution < 1.29 is 9.53 Å². The SMILES string of the molecule is Cn1cc(COc2ccc3c(c2)CCC3=O)nn1. The summed E-state index contributed by atoms with van der Waals surface area (Å²) in [5, 5.41) is 7.79. The summed E-state index contributed by atoms with van der Waals surface area (Å²) in [5.74, 6) is 1.000. The van der Waals surface area contributed by atoms with Crippen LogP contribution in [0.1, 0.15) is 28.0 Å². The molecule has 5 nitrogen and oxygen atoms in total. The van der Waals surface area contributed by atoms with E-state index in [9.17, 15) is 4.79 Å². The molecule has 92 valence electrons. The molecule has 0 N–H and O–H groups in total. The molecule has 2 aromatic rings. The molecular formula is C13H13N3O2. The van der Waals surface area contributed by atoms with E-state index in [0.29, 0.717) is 13.0 Å². The van der Waals surface area contributed by atoms with E-state index in [0.717, 1.165) is 29.0 Å². The van der Waals surface area contributed by atoms with Gasteiger partial charge in [-0.05, 0) is 30.2 Å². The molecule has 0 fully saturated rings. The number of fused-ring (bicyclic) bond motifs is 1. The van der Waals surface area contributed by atoms with Crippen LogP contribution in [-0.2, 0) is 20.1 Å². The number of benzene rings is 1. The number of carbonyl (C=O) groups excluding carboxylic acids is 1. The first kappa shape index (κ1) is 11.0. The van der Waals surface area contributed by atoms with Crippen LogP contribution in [0.4, 0.5) is 0 Å². The Morgan fingerprint density at radius 3 is 3.06 bits per heavy atom. The minimum Gasteiger partial charge on any atom is -0.487 e. The minimum atomic E-state index is 0.227. The molecule has 0 amide bonds. The van der Waals surface area contributed by atoms with Crippen LogP contribution >= 0.6 is 0 Å². The lowest BCUT2D eigenvalue weighted by Gasteiger charge is -2.05. The van der Waals surface area contributed by atoms with Gasteiger partial charge in [0.2, 0.25) is 0 Å². The molecule has 5 heteroatoms. The fraction of sp³-hybridized carbons (Fsp3) is 0.308. The highest BCUT2D eigenvalue weighted by Crippen LogP contribution is 2.26. The number of hydrogen-bond donors (Lipinski definition) is 0. The quantitative estimate of drug-likeness (QED) is 0.820. The molecule has 0 saturated heterocycles. The van der Waals surface area contributed by atoms with Crippen LogP contribution in [0.5, 0.6) is 5.75 Å². The molecule has 0 spiro atoms. The fourth-order valence-electron chi connectivity index (χ4n) is 2.14. The van der Waals surface area contributed by atoms with Crippen molar-refractivity contribution in [3.8, 4) is 5.75 Å². The van der Waals surface area contributed by atoms with Gasteiger partial charge < -0.3 is 4.74 Å². The number of Topliss-reactive ketones (excluding diaryl/α,β-unsaturated/α-hetero) is 1. The molecule has 3 rings (SSSR count). The van der Waals surface area contributed by atoms with Gasteiger partial charge in [-0.3, -0.25) is 9.48 Å². The monoisotopic (exact) mass is 243 g/mol. The molecule has 0 unspecified atom stereocenters. The Kier molecular flexibility index (Phi) is 2.59. The third kappa shape index (κ3) is 1.99. The Balaban J connectivity index is 1.72. The van der Waals surface area contributed by atoms with Crippen molar-refractivity contribution in [1.29, 1.82) is 0 Å². The largest absolute Gasteiger partial charge is 0.487 e. The lowest BCUT2D eigenvalue weighted by molar-refractivity contribution is 0.0994. The summed E-state index contributed by atoms with van der Waals surface area (Å²) in [4.78, 5) is 11.5. The standard InChI is InChI=1S/C13H13N3O2/c1-16-7-10(14-15-16)8-18-11-3-4-12-9(6-11)2-5-13(12)17/h3-4,6-7H,2,5,8H2,1H3. The smallest absolute Gasteiger partial charge is 0.163 e. The summed E-state index contributed by atoms with van der Waals surface area (Å²) in [6.07, 6.45) is 3.25. The number of aryl methyl sites for hydroxylation is 2. The summed E-state index contributed by atoms with van der Waals surface area (Å²) in [7, 11) is 1.82. The number of nitrogens with zero attached hydrogens (tertiary/aromatic N) is 3. The maximum absolute atomic E-state index is 11.5. The van der Waals surface area contributed by atoms with E-state index in [4.69, 9.17) is 4.74 Å².